The molecule has 0 aromatic heterocycles. The van der Waals surface area contributed by atoms with E-state index < -0.39 is 0 Å². The van der Waals surface area contributed by atoms with Gasteiger partial charge in [-0.15, -0.1) is 0 Å². The number of benzene rings is 1. The number of hydrogen-bond donors (Lipinski definition) is 3. The molecule has 1 aromatic rings. The molecule has 0 aliphatic heterocycles. The van der Waals surface area contributed by atoms with Crippen LogP contribution in [0.5, 0.6) is 0 Å². The second kappa shape index (κ2) is 19.7. The highest BCUT2D eigenvalue weighted by molar-refractivity contribution is 5.35. The second-order valence-electron chi connectivity index (χ2n) is 3.42. The van der Waals surface area contributed by atoms with Crippen LogP contribution in [0.2, 0.25) is 0 Å². The van der Waals surface area contributed by atoms with E-state index in [1.54, 1.807) is 5.56 Å². The normalized spacial score (nSPS) is 7.00. The lowest BCUT2D eigenvalue weighted by Gasteiger charge is -2.10. The van der Waals surface area contributed by atoms with Crippen molar-refractivity contribution in [3.05, 3.63) is 34.9 Å². The fourth-order valence-corrected chi connectivity index (χ4v) is 1.80. The van der Waals surface area contributed by atoms with E-state index in [1.165, 1.54) is 17.5 Å². The van der Waals surface area contributed by atoms with E-state index in [1.807, 2.05) is 0 Å². The van der Waals surface area contributed by atoms with Gasteiger partial charge in [0, 0.05) is 0 Å². The van der Waals surface area contributed by atoms with E-state index in [2.05, 4.69) is 39.0 Å². The Balaban J connectivity index is -0.000000300. The molecule has 0 spiro atoms. The molecule has 0 bridgehead atoms. The molecule has 0 fully saturated rings. The number of rotatable bonds is 3. The van der Waals surface area contributed by atoms with Crippen molar-refractivity contribution < 1.29 is 14.4 Å². The Bertz CT molecular complexity index is 430. The molecule has 1 rings (SSSR count). The molecule has 0 radical (unpaired) electrons. The summed E-state index contributed by atoms with van der Waals surface area (Å²) < 4.78 is 0. The van der Waals surface area contributed by atoms with Crippen LogP contribution in [0.3, 0.4) is 0 Å². The number of isocyanates is 3. The van der Waals surface area contributed by atoms with Gasteiger partial charge in [-0.05, 0) is 36.0 Å². The van der Waals surface area contributed by atoms with Crippen molar-refractivity contribution in [3.63, 3.8) is 0 Å². The lowest BCUT2D eigenvalue weighted by Crippen LogP contribution is -1.96. The molecule has 0 atom stereocenters. The van der Waals surface area contributed by atoms with Gasteiger partial charge in [0.25, 0.3) is 0 Å². The molecule has 0 aliphatic carbocycles. The summed E-state index contributed by atoms with van der Waals surface area (Å²) in [7, 11) is 0. The summed E-state index contributed by atoms with van der Waals surface area (Å²) in [6.07, 6.45) is 5.75. The Morgan fingerprint density at radius 1 is 0.762 bits per heavy atom. The highest BCUT2D eigenvalue weighted by Crippen LogP contribution is 2.16. The second-order valence-corrected chi connectivity index (χ2v) is 3.42. The zero-order chi connectivity index (χ0) is 17.1. The van der Waals surface area contributed by atoms with Gasteiger partial charge in [-0.3, -0.25) is 0 Å². The molecule has 3 N–H and O–H groups in total. The number of aryl methyl sites for hydroxylation is 2. The van der Waals surface area contributed by atoms with Gasteiger partial charge in [0.1, 0.15) is 0 Å². The van der Waals surface area contributed by atoms with Crippen LogP contribution in [0, 0.1) is 16.2 Å². The first-order valence-electron chi connectivity index (χ1n) is 6.29. The molecule has 21 heavy (non-hydrogen) atoms. The molecule has 0 unspecified atom stereocenters. The predicted molar refractivity (Wildman–Crippen MR) is 79.8 cm³/mol. The fraction of sp³-hybridized carbons (Fsp3) is 0.400. The quantitative estimate of drug-likeness (QED) is 0.585. The average Bonchev–Trinajstić information content (AvgIpc) is 2.48. The molecule has 0 saturated carbocycles. The summed E-state index contributed by atoms with van der Waals surface area (Å²) in [5.41, 5.74) is 4.62. The zero-order valence-corrected chi connectivity index (χ0v) is 12.6. The number of hydrogen-bond acceptors (Lipinski definition) is 6. The first-order valence-corrected chi connectivity index (χ1v) is 6.29. The first-order chi connectivity index (χ1) is 10.1. The third-order valence-corrected chi connectivity index (χ3v) is 2.49. The third-order valence-electron chi connectivity index (χ3n) is 2.49. The van der Waals surface area contributed by atoms with Gasteiger partial charge in [-0.1, -0.05) is 39.0 Å². The number of carbonyl (C=O) groups excluding carboxylic acids is 3. The lowest BCUT2D eigenvalue weighted by molar-refractivity contribution is 0.562. The standard InChI is InChI=1S/C12H18.3CHNO/c1-4-10-8-7-9-11(5-2)12(10)6-3;3*2-1-3/h7-9H,4-6H2,1-3H3;3*2H. The topological polar surface area (TPSA) is 123 Å². The maximum absolute atomic E-state index is 8.35. The summed E-state index contributed by atoms with van der Waals surface area (Å²) in [5.74, 6) is 0. The molecular weight excluding hydrogens is 270 g/mol. The average molecular weight is 291 g/mol. The summed E-state index contributed by atoms with van der Waals surface area (Å²) in [6, 6.07) is 6.67. The summed E-state index contributed by atoms with van der Waals surface area (Å²) in [5, 5.41) is 16.2. The lowest BCUT2D eigenvalue weighted by atomic mass is 9.96. The third kappa shape index (κ3) is 13.6. The van der Waals surface area contributed by atoms with Crippen molar-refractivity contribution in [3.8, 4) is 0 Å². The SMILES string of the molecule is CCc1cccc(CC)c1CC.N=C=O.N=C=O.N=C=O. The number of nitrogens with one attached hydrogen (secondary N) is 3. The van der Waals surface area contributed by atoms with Crippen molar-refractivity contribution >= 4 is 18.2 Å². The van der Waals surface area contributed by atoms with Crippen molar-refractivity contribution in [1.29, 1.82) is 16.2 Å². The van der Waals surface area contributed by atoms with E-state index in [9.17, 15) is 0 Å². The van der Waals surface area contributed by atoms with Gasteiger partial charge in [-0.2, -0.15) is 0 Å². The van der Waals surface area contributed by atoms with E-state index >= 15 is 0 Å². The summed E-state index contributed by atoms with van der Waals surface area (Å²) in [4.78, 5) is 25.0. The van der Waals surface area contributed by atoms with Crippen molar-refractivity contribution in [2.45, 2.75) is 40.0 Å². The van der Waals surface area contributed by atoms with Crippen molar-refractivity contribution in [2.24, 2.45) is 0 Å². The van der Waals surface area contributed by atoms with Crippen LogP contribution < -0.4 is 0 Å². The summed E-state index contributed by atoms with van der Waals surface area (Å²) in [6.45, 7) is 6.70. The van der Waals surface area contributed by atoms with Crippen LogP contribution >= 0.6 is 0 Å². The Labute approximate surface area is 124 Å². The monoisotopic (exact) mass is 291 g/mol. The molecule has 114 valence electrons. The fourth-order valence-electron chi connectivity index (χ4n) is 1.80. The predicted octanol–water partition coefficient (Wildman–Crippen LogP) is 3.08. The molecule has 1 aromatic carbocycles. The first kappa shape index (κ1) is 23.5. The zero-order valence-electron chi connectivity index (χ0n) is 12.6. The Morgan fingerprint density at radius 2 is 1.05 bits per heavy atom. The Hall–Kier alpha value is -2.64. The van der Waals surface area contributed by atoms with Gasteiger partial charge in [-0.25, -0.2) is 30.6 Å². The largest absolute Gasteiger partial charge is 0.231 e. The van der Waals surface area contributed by atoms with Crippen LogP contribution in [-0.2, 0) is 33.6 Å². The van der Waals surface area contributed by atoms with Crippen LogP contribution in [-0.4, -0.2) is 18.2 Å². The van der Waals surface area contributed by atoms with Crippen LogP contribution in [0.4, 0.5) is 0 Å². The minimum absolute atomic E-state index is 0.750. The molecule has 6 nitrogen and oxygen atoms in total. The van der Waals surface area contributed by atoms with Crippen LogP contribution in [0.25, 0.3) is 0 Å². The van der Waals surface area contributed by atoms with Gasteiger partial charge in [0.15, 0.2) is 0 Å². The maximum Gasteiger partial charge on any atom is 0.231 e. The molecule has 0 saturated heterocycles. The van der Waals surface area contributed by atoms with Crippen LogP contribution in [0.1, 0.15) is 37.5 Å². The van der Waals surface area contributed by atoms with Crippen LogP contribution in [0.15, 0.2) is 18.2 Å². The minimum Gasteiger partial charge on any atom is -0.222 e. The van der Waals surface area contributed by atoms with Crippen molar-refractivity contribution in [2.75, 3.05) is 0 Å². The minimum atomic E-state index is 0.750. The maximum atomic E-state index is 8.35. The van der Waals surface area contributed by atoms with E-state index in [0.29, 0.717) is 0 Å². The highest BCUT2D eigenvalue weighted by Gasteiger charge is 2.02. The van der Waals surface area contributed by atoms with E-state index in [-0.39, 0.29) is 0 Å². The molecule has 6 heteroatoms. The summed E-state index contributed by atoms with van der Waals surface area (Å²) >= 11 is 0. The van der Waals surface area contributed by atoms with Gasteiger partial charge < -0.3 is 0 Å². The smallest absolute Gasteiger partial charge is 0.222 e. The Morgan fingerprint density at radius 3 is 1.24 bits per heavy atom. The van der Waals surface area contributed by atoms with Gasteiger partial charge in [0.05, 0.1) is 0 Å². The Kier molecular flexibility index (Phi) is 22.0. The molecule has 0 heterocycles. The molecule has 0 aliphatic rings. The highest BCUT2D eigenvalue weighted by atomic mass is 16.1. The van der Waals surface area contributed by atoms with Gasteiger partial charge >= 0.3 is 0 Å². The molecule has 0 amide bonds. The van der Waals surface area contributed by atoms with E-state index in [0.717, 1.165) is 31.1 Å². The molecular formula is C15H21N3O3. The van der Waals surface area contributed by atoms with Crippen molar-refractivity contribution in [1.82, 2.24) is 0 Å². The van der Waals surface area contributed by atoms with Gasteiger partial charge in [0.2, 0.25) is 18.2 Å². The van der Waals surface area contributed by atoms with E-state index in [4.69, 9.17) is 30.6 Å².